The predicted molar refractivity (Wildman–Crippen MR) is 126 cm³/mol. The van der Waals surface area contributed by atoms with E-state index in [0.29, 0.717) is 22.6 Å². The highest BCUT2D eigenvalue weighted by Gasteiger charge is 2.40. The van der Waals surface area contributed by atoms with Gasteiger partial charge in [0.05, 0.1) is 11.3 Å². The summed E-state index contributed by atoms with van der Waals surface area (Å²) in [6, 6.07) is 17.6. The molecule has 166 valence electrons. The molecule has 6 nitrogen and oxygen atoms in total. The van der Waals surface area contributed by atoms with Crippen molar-refractivity contribution in [2.75, 3.05) is 15.5 Å². The number of nitrogens with zero attached hydrogens (tertiary/aromatic N) is 1. The van der Waals surface area contributed by atoms with Crippen molar-refractivity contribution in [3.05, 3.63) is 94.9 Å². The highest BCUT2D eigenvalue weighted by atomic mass is 19.1. The summed E-state index contributed by atoms with van der Waals surface area (Å²) in [6.45, 7) is 5.28. The van der Waals surface area contributed by atoms with Gasteiger partial charge in [-0.25, -0.2) is 9.29 Å². The number of carbonyl (C=O) groups excluding carboxylic acids is 3. The molecule has 33 heavy (non-hydrogen) atoms. The fraction of sp³-hybridized carbons (Fsp3) is 0.115. The SMILES string of the molecule is CC(=O)Nc1ccc(N2C(=O)C(Nc3cc(C)cc(C)c3)=C(c3ccc(F)cc3)C2=O)cc1. The van der Waals surface area contributed by atoms with Crippen molar-refractivity contribution in [2.24, 2.45) is 0 Å². The zero-order valence-corrected chi connectivity index (χ0v) is 18.4. The highest BCUT2D eigenvalue weighted by molar-refractivity contribution is 6.46. The fourth-order valence-electron chi connectivity index (χ4n) is 3.85. The topological polar surface area (TPSA) is 78.5 Å². The molecule has 0 unspecified atom stereocenters. The summed E-state index contributed by atoms with van der Waals surface area (Å²) in [5.74, 6) is -1.71. The van der Waals surface area contributed by atoms with E-state index in [0.717, 1.165) is 16.0 Å². The Hall–Kier alpha value is -4.26. The van der Waals surface area contributed by atoms with Crippen molar-refractivity contribution in [2.45, 2.75) is 20.8 Å². The van der Waals surface area contributed by atoms with Crippen molar-refractivity contribution in [1.29, 1.82) is 0 Å². The first-order valence-corrected chi connectivity index (χ1v) is 10.3. The summed E-state index contributed by atoms with van der Waals surface area (Å²) >= 11 is 0. The number of aryl methyl sites for hydroxylation is 2. The monoisotopic (exact) mass is 443 g/mol. The minimum atomic E-state index is -0.522. The number of benzene rings is 3. The molecule has 4 rings (SSSR count). The van der Waals surface area contributed by atoms with Crippen LogP contribution in [0.3, 0.4) is 0 Å². The number of amides is 3. The number of nitrogens with one attached hydrogen (secondary N) is 2. The van der Waals surface area contributed by atoms with Crippen LogP contribution in [-0.4, -0.2) is 17.7 Å². The molecule has 1 heterocycles. The maximum absolute atomic E-state index is 13.5. The van der Waals surface area contributed by atoms with Crippen LogP contribution in [0.4, 0.5) is 21.5 Å². The Balaban J connectivity index is 1.77. The van der Waals surface area contributed by atoms with Gasteiger partial charge < -0.3 is 10.6 Å². The van der Waals surface area contributed by atoms with Crippen LogP contribution in [0.2, 0.25) is 0 Å². The lowest BCUT2D eigenvalue weighted by Gasteiger charge is -2.16. The maximum atomic E-state index is 13.5. The first-order chi connectivity index (χ1) is 15.7. The van der Waals surface area contributed by atoms with Crippen LogP contribution < -0.4 is 15.5 Å². The van der Waals surface area contributed by atoms with Crippen molar-refractivity contribution < 1.29 is 18.8 Å². The molecule has 0 saturated heterocycles. The molecule has 0 spiro atoms. The minimum absolute atomic E-state index is 0.113. The molecular weight excluding hydrogens is 421 g/mol. The third kappa shape index (κ3) is 4.52. The summed E-state index contributed by atoms with van der Waals surface area (Å²) in [7, 11) is 0. The zero-order chi connectivity index (χ0) is 23.7. The minimum Gasteiger partial charge on any atom is -0.350 e. The van der Waals surface area contributed by atoms with Gasteiger partial charge in [0.1, 0.15) is 11.5 Å². The summed E-state index contributed by atoms with van der Waals surface area (Å²) in [4.78, 5) is 39.2. The van der Waals surface area contributed by atoms with Gasteiger partial charge >= 0.3 is 0 Å². The molecule has 7 heteroatoms. The number of imide groups is 1. The molecule has 3 aromatic rings. The van der Waals surface area contributed by atoms with E-state index >= 15 is 0 Å². The number of anilines is 3. The van der Waals surface area contributed by atoms with Crippen LogP contribution in [0.25, 0.3) is 5.57 Å². The van der Waals surface area contributed by atoms with Crippen LogP contribution >= 0.6 is 0 Å². The molecule has 0 fully saturated rings. The van der Waals surface area contributed by atoms with E-state index in [4.69, 9.17) is 0 Å². The van der Waals surface area contributed by atoms with Crippen molar-refractivity contribution in [3.8, 4) is 0 Å². The van der Waals surface area contributed by atoms with Gasteiger partial charge in [-0.3, -0.25) is 14.4 Å². The highest BCUT2D eigenvalue weighted by Crippen LogP contribution is 2.34. The first kappa shape index (κ1) is 22.0. The van der Waals surface area contributed by atoms with E-state index < -0.39 is 17.6 Å². The average molecular weight is 443 g/mol. The van der Waals surface area contributed by atoms with Crippen LogP contribution in [-0.2, 0) is 14.4 Å². The third-order valence-electron chi connectivity index (χ3n) is 5.15. The predicted octanol–water partition coefficient (Wildman–Crippen LogP) is 4.80. The first-order valence-electron chi connectivity index (χ1n) is 10.3. The molecule has 3 amide bonds. The second-order valence-corrected chi connectivity index (χ2v) is 7.93. The quantitative estimate of drug-likeness (QED) is 0.556. The standard InChI is InChI=1S/C26H22FN3O3/c1-15-12-16(2)14-21(13-15)29-24-23(18-4-6-19(27)7-5-18)25(32)30(26(24)33)22-10-8-20(9-11-22)28-17(3)31/h4-14,29H,1-3H3,(H,28,31). The van der Waals surface area contributed by atoms with Crippen LogP contribution in [0.1, 0.15) is 23.6 Å². The van der Waals surface area contributed by atoms with Crippen molar-refractivity contribution in [1.82, 2.24) is 0 Å². The summed E-state index contributed by atoms with van der Waals surface area (Å²) < 4.78 is 13.5. The van der Waals surface area contributed by atoms with Gasteiger partial charge in [-0.05, 0) is 79.1 Å². The molecule has 0 aromatic heterocycles. The van der Waals surface area contributed by atoms with Gasteiger partial charge in [-0.1, -0.05) is 18.2 Å². The van der Waals surface area contributed by atoms with Crippen LogP contribution in [0.5, 0.6) is 0 Å². The van der Waals surface area contributed by atoms with Crippen LogP contribution in [0, 0.1) is 19.7 Å². The van der Waals surface area contributed by atoms with E-state index in [2.05, 4.69) is 10.6 Å². The molecular formula is C26H22FN3O3. The molecule has 0 saturated carbocycles. The Kier molecular flexibility index (Phi) is 5.79. The Morgan fingerprint density at radius 1 is 0.818 bits per heavy atom. The molecule has 0 aliphatic carbocycles. The molecule has 1 aliphatic heterocycles. The molecule has 1 aliphatic rings. The van der Waals surface area contributed by atoms with E-state index in [1.807, 2.05) is 32.0 Å². The smallest absolute Gasteiger partial charge is 0.282 e. The molecule has 0 bridgehead atoms. The Bertz CT molecular complexity index is 1280. The van der Waals surface area contributed by atoms with Gasteiger partial charge in [0.15, 0.2) is 0 Å². The van der Waals surface area contributed by atoms with Gasteiger partial charge in [0.2, 0.25) is 5.91 Å². The van der Waals surface area contributed by atoms with Gasteiger partial charge in [0, 0.05) is 18.3 Å². The van der Waals surface area contributed by atoms with E-state index in [-0.39, 0.29) is 17.2 Å². The summed E-state index contributed by atoms with van der Waals surface area (Å²) in [6.07, 6.45) is 0. The Labute approximate surface area is 190 Å². The largest absolute Gasteiger partial charge is 0.350 e. The Morgan fingerprint density at radius 3 is 2.00 bits per heavy atom. The molecule has 2 N–H and O–H groups in total. The van der Waals surface area contributed by atoms with Gasteiger partial charge in [0.25, 0.3) is 11.8 Å². The van der Waals surface area contributed by atoms with Crippen molar-refractivity contribution in [3.63, 3.8) is 0 Å². The van der Waals surface area contributed by atoms with E-state index in [1.54, 1.807) is 24.3 Å². The van der Waals surface area contributed by atoms with E-state index in [9.17, 15) is 18.8 Å². The summed E-state index contributed by atoms with van der Waals surface area (Å²) in [5.41, 5.74) is 4.28. The fourth-order valence-corrected chi connectivity index (χ4v) is 3.85. The number of halogens is 1. The second-order valence-electron chi connectivity index (χ2n) is 7.93. The van der Waals surface area contributed by atoms with E-state index in [1.165, 1.54) is 31.2 Å². The normalized spacial score (nSPS) is 13.5. The van der Waals surface area contributed by atoms with Crippen molar-refractivity contribution >= 4 is 40.4 Å². The Morgan fingerprint density at radius 2 is 1.42 bits per heavy atom. The third-order valence-corrected chi connectivity index (χ3v) is 5.15. The molecule has 0 radical (unpaired) electrons. The number of rotatable bonds is 5. The summed E-state index contributed by atoms with van der Waals surface area (Å²) in [5, 5.41) is 5.77. The van der Waals surface area contributed by atoms with Gasteiger partial charge in [-0.15, -0.1) is 0 Å². The van der Waals surface area contributed by atoms with Gasteiger partial charge in [-0.2, -0.15) is 0 Å². The average Bonchev–Trinajstić information content (AvgIpc) is 2.98. The second kappa shape index (κ2) is 8.70. The lowest BCUT2D eigenvalue weighted by Crippen LogP contribution is -2.32. The molecule has 0 atom stereocenters. The molecule has 3 aromatic carbocycles. The lowest BCUT2D eigenvalue weighted by atomic mass is 10.0. The number of hydrogen-bond acceptors (Lipinski definition) is 4. The lowest BCUT2D eigenvalue weighted by molar-refractivity contribution is -0.120. The maximum Gasteiger partial charge on any atom is 0.282 e. The zero-order valence-electron chi connectivity index (χ0n) is 18.4. The number of hydrogen-bond donors (Lipinski definition) is 2. The van der Waals surface area contributed by atoms with Crippen LogP contribution in [0.15, 0.2) is 72.4 Å². The number of carbonyl (C=O) groups is 3.